The second-order valence-corrected chi connectivity index (χ2v) is 6.36. The van der Waals surface area contributed by atoms with Crippen molar-refractivity contribution in [3.8, 4) is 0 Å². The minimum atomic E-state index is -0.869. The van der Waals surface area contributed by atoms with Crippen LogP contribution in [0.2, 0.25) is 0 Å². The summed E-state index contributed by atoms with van der Waals surface area (Å²) in [6.45, 7) is 6.97. The summed E-state index contributed by atoms with van der Waals surface area (Å²) in [5.41, 5.74) is 4.12. The maximum atomic E-state index is 13.9. The van der Waals surface area contributed by atoms with Crippen molar-refractivity contribution in [1.29, 1.82) is 0 Å². The minimum Gasteiger partial charge on any atom is -0.400 e. The van der Waals surface area contributed by atoms with Gasteiger partial charge in [0.15, 0.2) is 0 Å². The van der Waals surface area contributed by atoms with Gasteiger partial charge in [0.25, 0.3) is 0 Å². The third-order valence-electron chi connectivity index (χ3n) is 4.17. The first-order valence-corrected chi connectivity index (χ1v) is 6.99. The Morgan fingerprint density at radius 3 is 2.05 bits per heavy atom. The Hall–Kier alpha value is -1.44. The van der Waals surface area contributed by atoms with E-state index in [9.17, 15) is 13.9 Å². The molecular formula is C15H20BF2NO3. The van der Waals surface area contributed by atoms with Gasteiger partial charge in [0.05, 0.1) is 17.8 Å². The monoisotopic (exact) mass is 311 g/mol. The van der Waals surface area contributed by atoms with Crippen molar-refractivity contribution < 1.29 is 23.2 Å². The van der Waals surface area contributed by atoms with Gasteiger partial charge in [-0.3, -0.25) is 0 Å². The Morgan fingerprint density at radius 2 is 1.64 bits per heavy atom. The number of anilines is 1. The van der Waals surface area contributed by atoms with E-state index >= 15 is 0 Å². The lowest BCUT2D eigenvalue weighted by molar-refractivity contribution is 0.00578. The van der Waals surface area contributed by atoms with Crippen LogP contribution in [-0.4, -0.2) is 30.0 Å². The minimum absolute atomic E-state index is 0.00617. The maximum absolute atomic E-state index is 13.9. The normalized spacial score (nSPS) is 20.5. The van der Waals surface area contributed by atoms with Crippen molar-refractivity contribution >= 4 is 18.9 Å². The van der Waals surface area contributed by atoms with E-state index in [2.05, 4.69) is 0 Å². The fraction of sp³-hybridized carbons (Fsp3) is 0.467. The Labute approximate surface area is 129 Å². The van der Waals surface area contributed by atoms with Crippen LogP contribution in [0.4, 0.5) is 14.5 Å². The van der Waals surface area contributed by atoms with Gasteiger partial charge in [-0.2, -0.15) is 0 Å². The molecule has 22 heavy (non-hydrogen) atoms. The highest BCUT2D eigenvalue weighted by Crippen LogP contribution is 2.38. The first-order valence-electron chi connectivity index (χ1n) is 6.99. The summed E-state index contributed by atoms with van der Waals surface area (Å²) in [6.07, 6.45) is 1.20. The van der Waals surface area contributed by atoms with Gasteiger partial charge in [-0.1, -0.05) is 6.08 Å². The molecule has 1 aromatic rings. The Kier molecular flexibility index (Phi) is 4.34. The molecule has 0 spiro atoms. The van der Waals surface area contributed by atoms with Crippen LogP contribution in [-0.2, 0) is 9.31 Å². The second-order valence-electron chi connectivity index (χ2n) is 6.36. The van der Waals surface area contributed by atoms with Crippen LogP contribution in [0, 0.1) is 11.6 Å². The molecule has 4 nitrogen and oxygen atoms in total. The van der Waals surface area contributed by atoms with E-state index in [0.29, 0.717) is 0 Å². The van der Waals surface area contributed by atoms with Gasteiger partial charge in [0.1, 0.15) is 11.6 Å². The number of hydrogen-bond acceptors (Lipinski definition) is 4. The Balaban J connectivity index is 2.38. The van der Waals surface area contributed by atoms with Gasteiger partial charge in [0.2, 0.25) is 0 Å². The number of nitrogens with two attached hydrogens (primary N) is 1. The van der Waals surface area contributed by atoms with Gasteiger partial charge in [0, 0.05) is 11.3 Å². The zero-order valence-electron chi connectivity index (χ0n) is 13.1. The summed E-state index contributed by atoms with van der Waals surface area (Å²) in [7, 11) is -0.869. The van der Waals surface area contributed by atoms with Crippen molar-refractivity contribution in [1.82, 2.24) is 0 Å². The van der Waals surface area contributed by atoms with Crippen LogP contribution in [0.15, 0.2) is 17.6 Å². The molecule has 1 aromatic carbocycles. The van der Waals surface area contributed by atoms with Gasteiger partial charge in [-0.25, -0.2) is 8.78 Å². The Morgan fingerprint density at radius 1 is 1.18 bits per heavy atom. The molecule has 1 saturated heterocycles. The molecule has 3 N–H and O–H groups in total. The highest BCUT2D eigenvalue weighted by Gasteiger charge is 2.52. The molecule has 0 saturated carbocycles. The highest BCUT2D eigenvalue weighted by atomic mass is 19.1. The van der Waals surface area contributed by atoms with E-state index in [1.165, 1.54) is 6.08 Å². The molecule has 1 aliphatic rings. The lowest BCUT2D eigenvalue weighted by Gasteiger charge is -2.32. The highest BCUT2D eigenvalue weighted by molar-refractivity contribution is 6.55. The number of halogens is 2. The summed E-state index contributed by atoms with van der Waals surface area (Å²) < 4.78 is 39.3. The summed E-state index contributed by atoms with van der Waals surface area (Å²) >= 11 is 0. The van der Waals surface area contributed by atoms with Gasteiger partial charge in [-0.15, -0.1) is 0 Å². The van der Waals surface area contributed by atoms with E-state index in [0.717, 1.165) is 12.1 Å². The van der Waals surface area contributed by atoms with Gasteiger partial charge < -0.3 is 20.1 Å². The molecule has 0 aromatic heterocycles. The average Bonchev–Trinajstić information content (AvgIpc) is 2.57. The number of rotatable bonds is 3. The molecule has 2 rings (SSSR count). The van der Waals surface area contributed by atoms with E-state index in [1.807, 2.05) is 27.7 Å². The molecule has 1 heterocycles. The molecule has 0 bridgehead atoms. The largest absolute Gasteiger partial charge is 0.492 e. The molecule has 0 radical (unpaired) electrons. The number of aliphatic hydroxyl groups is 1. The quantitative estimate of drug-likeness (QED) is 0.665. The summed E-state index contributed by atoms with van der Waals surface area (Å²) in [4.78, 5) is 0. The van der Waals surface area contributed by atoms with Crippen molar-refractivity contribution in [2.75, 3.05) is 12.3 Å². The SMILES string of the molecule is CC1(C)OB(C(=Cc2c(F)cc(N)cc2F)CO)OC1(C)C. The zero-order chi connectivity index (χ0) is 16.7. The van der Waals surface area contributed by atoms with Gasteiger partial charge >= 0.3 is 7.12 Å². The number of nitrogen functional groups attached to an aromatic ring is 1. The molecule has 1 fully saturated rings. The fourth-order valence-corrected chi connectivity index (χ4v) is 2.11. The first-order chi connectivity index (χ1) is 10.1. The van der Waals surface area contributed by atoms with E-state index in [-0.39, 0.29) is 16.7 Å². The van der Waals surface area contributed by atoms with Crippen LogP contribution in [0.3, 0.4) is 0 Å². The standard InChI is InChI=1S/C15H20BF2NO3/c1-14(2)15(3,4)22-16(21-14)9(8-20)5-11-12(17)6-10(19)7-13(11)18/h5-7,20H,8,19H2,1-4H3. The number of benzene rings is 1. The predicted octanol–water partition coefficient (Wildman–Crippen LogP) is 2.55. The van der Waals surface area contributed by atoms with E-state index < -0.39 is 36.6 Å². The van der Waals surface area contributed by atoms with Crippen LogP contribution >= 0.6 is 0 Å². The summed E-state index contributed by atoms with van der Waals surface area (Å²) in [5, 5.41) is 9.53. The molecule has 1 aliphatic heterocycles. The van der Waals surface area contributed by atoms with E-state index in [4.69, 9.17) is 15.0 Å². The predicted molar refractivity (Wildman–Crippen MR) is 81.9 cm³/mol. The van der Waals surface area contributed by atoms with Crippen LogP contribution < -0.4 is 5.73 Å². The number of aliphatic hydroxyl groups excluding tert-OH is 1. The molecule has 0 amide bonds. The summed E-state index contributed by atoms with van der Waals surface area (Å²) in [6, 6.07) is 2.04. The van der Waals surface area contributed by atoms with Crippen LogP contribution in [0.25, 0.3) is 6.08 Å². The molecule has 0 unspecified atom stereocenters. The topological polar surface area (TPSA) is 64.7 Å². The first kappa shape index (κ1) is 16.9. The Bertz CT molecular complexity index is 578. The smallest absolute Gasteiger partial charge is 0.400 e. The third kappa shape index (κ3) is 3.02. The molecule has 0 atom stereocenters. The van der Waals surface area contributed by atoms with Crippen molar-refractivity contribution in [3.05, 3.63) is 34.8 Å². The lowest BCUT2D eigenvalue weighted by atomic mass is 9.77. The van der Waals surface area contributed by atoms with Crippen molar-refractivity contribution in [2.45, 2.75) is 38.9 Å². The lowest BCUT2D eigenvalue weighted by Crippen LogP contribution is -2.41. The van der Waals surface area contributed by atoms with E-state index in [1.54, 1.807) is 0 Å². The molecule has 0 aliphatic carbocycles. The maximum Gasteiger partial charge on any atom is 0.492 e. The third-order valence-corrected chi connectivity index (χ3v) is 4.17. The zero-order valence-corrected chi connectivity index (χ0v) is 13.1. The van der Waals surface area contributed by atoms with Crippen molar-refractivity contribution in [2.24, 2.45) is 0 Å². The molecule has 120 valence electrons. The second kappa shape index (κ2) is 5.64. The fourth-order valence-electron chi connectivity index (χ4n) is 2.11. The van der Waals surface area contributed by atoms with Crippen LogP contribution in [0.1, 0.15) is 33.3 Å². The number of hydrogen-bond donors (Lipinski definition) is 2. The van der Waals surface area contributed by atoms with Crippen molar-refractivity contribution in [3.63, 3.8) is 0 Å². The van der Waals surface area contributed by atoms with Crippen LogP contribution in [0.5, 0.6) is 0 Å². The summed E-state index contributed by atoms with van der Waals surface area (Å²) in [5.74, 6) is -1.61. The average molecular weight is 311 g/mol. The van der Waals surface area contributed by atoms with Gasteiger partial charge in [-0.05, 0) is 45.3 Å². The molecule has 7 heteroatoms. The molecular weight excluding hydrogens is 291 g/mol.